The Morgan fingerprint density at radius 2 is 0.844 bits per heavy atom. The van der Waals surface area contributed by atoms with Crippen molar-refractivity contribution >= 4 is 23.9 Å². The Morgan fingerprint density at radius 3 is 1.03 bits per heavy atom. The molecule has 0 amide bonds. The van der Waals surface area contributed by atoms with Gasteiger partial charge in [0.1, 0.15) is 11.1 Å². The van der Waals surface area contributed by atoms with Crippen molar-refractivity contribution in [2.45, 2.75) is 39.9 Å². The van der Waals surface area contributed by atoms with Crippen molar-refractivity contribution in [1.29, 1.82) is 0 Å². The van der Waals surface area contributed by atoms with Gasteiger partial charge in [0.25, 0.3) is 0 Å². The molecule has 0 saturated carbocycles. The van der Waals surface area contributed by atoms with Crippen LogP contribution in [0.3, 0.4) is 0 Å². The second-order valence-corrected chi connectivity index (χ2v) is 6.95. The quantitative estimate of drug-likeness (QED) is 0.467. The average Bonchev–Trinajstić information content (AvgIpc) is 2.68. The second-order valence-electron chi connectivity index (χ2n) is 6.95. The smallest absolute Gasteiger partial charge is 0.339 e. The summed E-state index contributed by atoms with van der Waals surface area (Å²) in [6.07, 6.45) is -0.627. The summed E-state index contributed by atoms with van der Waals surface area (Å²) >= 11 is 0. The molecule has 2 rings (SSSR count). The predicted octanol–water partition coefficient (Wildman–Crippen LogP) is 3.74. The SMILES string of the molecule is CC(C)Oc1c(C(=O)O)ccc(C(=O)O)c1OC(C)C.O=C(O)c1ccc(C(=O)O)cc1. The molecule has 0 spiro atoms. The van der Waals surface area contributed by atoms with E-state index in [0.29, 0.717) is 0 Å². The van der Waals surface area contributed by atoms with Gasteiger partial charge >= 0.3 is 23.9 Å². The lowest BCUT2D eigenvalue weighted by molar-refractivity contribution is 0.0666. The van der Waals surface area contributed by atoms with Gasteiger partial charge in [-0.05, 0) is 64.1 Å². The molecule has 0 atom stereocenters. The minimum atomic E-state index is -1.20. The number of carboxylic acid groups (broad SMARTS) is 4. The fraction of sp³-hybridized carbons (Fsp3) is 0.273. The van der Waals surface area contributed by atoms with Crippen molar-refractivity contribution in [1.82, 2.24) is 0 Å². The van der Waals surface area contributed by atoms with Crippen molar-refractivity contribution in [3.63, 3.8) is 0 Å². The van der Waals surface area contributed by atoms with E-state index in [2.05, 4.69) is 0 Å². The molecule has 0 bridgehead atoms. The van der Waals surface area contributed by atoms with E-state index in [0.717, 1.165) is 0 Å². The van der Waals surface area contributed by atoms with Crippen LogP contribution in [0.2, 0.25) is 0 Å². The van der Waals surface area contributed by atoms with Gasteiger partial charge in [0.15, 0.2) is 11.5 Å². The molecule has 0 aliphatic carbocycles. The van der Waals surface area contributed by atoms with Gasteiger partial charge in [-0.25, -0.2) is 19.2 Å². The summed E-state index contributed by atoms with van der Waals surface area (Å²) in [5, 5.41) is 35.3. The molecule has 0 aliphatic heterocycles. The number of hydrogen-bond acceptors (Lipinski definition) is 6. The van der Waals surface area contributed by atoms with Crippen LogP contribution in [0.1, 0.15) is 69.1 Å². The van der Waals surface area contributed by atoms with Gasteiger partial charge in [0.2, 0.25) is 0 Å². The molecular formula is C22H24O10. The summed E-state index contributed by atoms with van der Waals surface area (Å²) in [4.78, 5) is 43.1. The van der Waals surface area contributed by atoms with E-state index in [-0.39, 0.29) is 46.0 Å². The third kappa shape index (κ3) is 7.31. The first-order valence-corrected chi connectivity index (χ1v) is 9.38. The first kappa shape index (κ1) is 26.0. The number of benzene rings is 2. The Hall–Kier alpha value is -4.08. The van der Waals surface area contributed by atoms with Gasteiger partial charge in [-0.3, -0.25) is 0 Å². The summed E-state index contributed by atoms with van der Waals surface area (Å²) in [6, 6.07) is 7.43. The van der Waals surface area contributed by atoms with Gasteiger partial charge in [0.05, 0.1) is 23.3 Å². The number of ether oxygens (including phenoxy) is 2. The molecule has 0 aliphatic rings. The Balaban J connectivity index is 0.000000363. The van der Waals surface area contributed by atoms with Crippen LogP contribution in [0.15, 0.2) is 36.4 Å². The molecule has 2 aromatic rings. The maximum atomic E-state index is 11.2. The molecule has 0 unspecified atom stereocenters. The standard InChI is InChI=1S/C14H18O6.C8H6O4/c1-7(2)19-11-9(13(15)16)5-6-10(14(17)18)12(11)20-8(3)4;9-7(10)5-1-2-6(4-3-5)8(11)12/h5-8H,1-4H3,(H,15,16)(H,17,18);1-4H,(H,9,10)(H,11,12). The molecule has 10 nitrogen and oxygen atoms in total. The molecule has 0 fully saturated rings. The topological polar surface area (TPSA) is 168 Å². The fourth-order valence-corrected chi connectivity index (χ4v) is 2.36. The van der Waals surface area contributed by atoms with Crippen LogP contribution in [-0.4, -0.2) is 56.5 Å². The van der Waals surface area contributed by atoms with E-state index in [1.165, 1.54) is 36.4 Å². The van der Waals surface area contributed by atoms with E-state index in [4.69, 9.17) is 19.7 Å². The van der Waals surface area contributed by atoms with Gasteiger partial charge in [-0.2, -0.15) is 0 Å². The molecule has 0 saturated heterocycles. The minimum absolute atomic E-state index is 0.0545. The third-order valence-electron chi connectivity index (χ3n) is 3.66. The first-order chi connectivity index (χ1) is 14.8. The molecular weight excluding hydrogens is 424 g/mol. The van der Waals surface area contributed by atoms with E-state index in [9.17, 15) is 29.4 Å². The van der Waals surface area contributed by atoms with Crippen LogP contribution in [0.25, 0.3) is 0 Å². The fourth-order valence-electron chi connectivity index (χ4n) is 2.36. The summed E-state index contributed by atoms with van der Waals surface area (Å²) in [7, 11) is 0. The van der Waals surface area contributed by atoms with Gasteiger partial charge in [-0.1, -0.05) is 0 Å². The largest absolute Gasteiger partial charge is 0.486 e. The van der Waals surface area contributed by atoms with Crippen LogP contribution in [-0.2, 0) is 0 Å². The summed E-state index contributed by atoms with van der Waals surface area (Å²) in [6.45, 7) is 6.88. The molecule has 0 aromatic heterocycles. The normalized spacial score (nSPS) is 10.2. The van der Waals surface area contributed by atoms with Crippen molar-refractivity contribution < 1.29 is 49.1 Å². The maximum absolute atomic E-state index is 11.2. The summed E-state index contributed by atoms with van der Waals surface area (Å²) < 4.78 is 10.9. The van der Waals surface area contributed by atoms with E-state index in [1.807, 2.05) is 0 Å². The predicted molar refractivity (Wildman–Crippen MR) is 112 cm³/mol. The number of rotatable bonds is 8. The average molecular weight is 448 g/mol. The maximum Gasteiger partial charge on any atom is 0.339 e. The molecule has 32 heavy (non-hydrogen) atoms. The highest BCUT2D eigenvalue weighted by Gasteiger charge is 2.25. The molecule has 4 N–H and O–H groups in total. The van der Waals surface area contributed by atoms with E-state index in [1.54, 1.807) is 27.7 Å². The summed E-state index contributed by atoms with van der Waals surface area (Å²) in [5.74, 6) is -4.64. The zero-order valence-electron chi connectivity index (χ0n) is 17.9. The summed E-state index contributed by atoms with van der Waals surface area (Å²) in [5.41, 5.74) is -0.0845. The second kappa shape index (κ2) is 11.3. The Kier molecular flexibility index (Phi) is 9.21. The Labute approximate surface area is 183 Å². The van der Waals surface area contributed by atoms with Crippen LogP contribution in [0.5, 0.6) is 11.5 Å². The van der Waals surface area contributed by atoms with Crippen LogP contribution in [0, 0.1) is 0 Å². The molecule has 0 radical (unpaired) electrons. The van der Waals surface area contributed by atoms with Gasteiger partial charge in [0, 0.05) is 0 Å². The molecule has 2 aromatic carbocycles. The van der Waals surface area contributed by atoms with Crippen molar-refractivity contribution in [3.05, 3.63) is 58.7 Å². The molecule has 172 valence electrons. The van der Waals surface area contributed by atoms with E-state index >= 15 is 0 Å². The highest BCUT2D eigenvalue weighted by atomic mass is 16.5. The molecule has 10 heteroatoms. The third-order valence-corrected chi connectivity index (χ3v) is 3.66. The van der Waals surface area contributed by atoms with Gasteiger partial charge < -0.3 is 29.9 Å². The van der Waals surface area contributed by atoms with Crippen molar-refractivity contribution in [2.24, 2.45) is 0 Å². The van der Waals surface area contributed by atoms with Crippen LogP contribution in [0.4, 0.5) is 0 Å². The van der Waals surface area contributed by atoms with E-state index < -0.39 is 23.9 Å². The minimum Gasteiger partial charge on any atom is -0.486 e. The zero-order chi connectivity index (χ0) is 24.6. The highest BCUT2D eigenvalue weighted by Crippen LogP contribution is 2.37. The lowest BCUT2D eigenvalue weighted by Crippen LogP contribution is -2.16. The number of carbonyl (C=O) groups is 4. The number of carboxylic acids is 4. The lowest BCUT2D eigenvalue weighted by Gasteiger charge is -2.20. The molecule has 0 heterocycles. The zero-order valence-corrected chi connectivity index (χ0v) is 17.9. The Bertz CT molecular complexity index is 911. The number of aromatic carboxylic acids is 4. The lowest BCUT2D eigenvalue weighted by atomic mass is 10.1. The monoisotopic (exact) mass is 448 g/mol. The van der Waals surface area contributed by atoms with Crippen LogP contribution >= 0.6 is 0 Å². The first-order valence-electron chi connectivity index (χ1n) is 9.38. The van der Waals surface area contributed by atoms with Gasteiger partial charge in [-0.15, -0.1) is 0 Å². The van der Waals surface area contributed by atoms with Crippen LogP contribution < -0.4 is 9.47 Å². The highest BCUT2D eigenvalue weighted by molar-refractivity contribution is 5.98. The van der Waals surface area contributed by atoms with Crippen molar-refractivity contribution in [3.8, 4) is 11.5 Å². The number of hydrogen-bond donors (Lipinski definition) is 4. The van der Waals surface area contributed by atoms with Crippen molar-refractivity contribution in [2.75, 3.05) is 0 Å². The Morgan fingerprint density at radius 1 is 0.562 bits per heavy atom.